The average molecular weight is 395 g/mol. The molecule has 4 rings (SSSR count). The summed E-state index contributed by atoms with van der Waals surface area (Å²) in [6.07, 6.45) is 1.52. The Morgan fingerprint density at radius 1 is 1.03 bits per heavy atom. The summed E-state index contributed by atoms with van der Waals surface area (Å²) in [5.41, 5.74) is 1.83. The number of aromatic nitrogens is 1. The Kier molecular flexibility index (Phi) is 4.96. The zero-order valence-corrected chi connectivity index (χ0v) is 16.4. The van der Waals surface area contributed by atoms with Crippen molar-refractivity contribution < 1.29 is 18.7 Å². The molecule has 2 heterocycles. The van der Waals surface area contributed by atoms with Crippen molar-refractivity contribution in [1.29, 1.82) is 0 Å². The van der Waals surface area contributed by atoms with Crippen LogP contribution < -0.4 is 9.64 Å². The molecule has 1 fully saturated rings. The normalized spacial score (nSPS) is 14.3. The first-order chi connectivity index (χ1) is 14.0. The van der Waals surface area contributed by atoms with Crippen LogP contribution in [-0.4, -0.2) is 54.6 Å². The van der Waals surface area contributed by atoms with Crippen molar-refractivity contribution in [1.82, 2.24) is 9.47 Å². The summed E-state index contributed by atoms with van der Waals surface area (Å²) in [4.78, 5) is 29.1. The van der Waals surface area contributed by atoms with E-state index in [9.17, 15) is 14.0 Å². The Balaban J connectivity index is 1.57. The van der Waals surface area contributed by atoms with Gasteiger partial charge in [-0.3, -0.25) is 14.2 Å². The molecular formula is C22H22FN3O3. The monoisotopic (exact) mass is 395 g/mol. The number of methoxy groups -OCH3 is 1. The number of hydrogen-bond acceptors (Lipinski definition) is 4. The van der Waals surface area contributed by atoms with Crippen LogP contribution in [0.2, 0.25) is 0 Å². The van der Waals surface area contributed by atoms with Crippen LogP contribution in [0, 0.1) is 5.82 Å². The fourth-order valence-corrected chi connectivity index (χ4v) is 3.84. The molecule has 3 aromatic rings. The van der Waals surface area contributed by atoms with E-state index in [2.05, 4.69) is 4.90 Å². The first-order valence-electron chi connectivity index (χ1n) is 9.48. The highest BCUT2D eigenvalue weighted by molar-refractivity contribution is 6.09. The predicted octanol–water partition coefficient (Wildman–Crippen LogP) is 3.41. The quantitative estimate of drug-likeness (QED) is 0.682. The molecule has 7 heteroatoms. The van der Waals surface area contributed by atoms with Gasteiger partial charge in [-0.2, -0.15) is 0 Å². The average Bonchev–Trinajstić information content (AvgIpc) is 3.12. The fourth-order valence-electron chi connectivity index (χ4n) is 3.84. The van der Waals surface area contributed by atoms with Gasteiger partial charge in [0, 0.05) is 44.7 Å². The predicted molar refractivity (Wildman–Crippen MR) is 109 cm³/mol. The minimum atomic E-state index is -0.442. The lowest BCUT2D eigenvalue weighted by Crippen LogP contribution is -2.48. The summed E-state index contributed by atoms with van der Waals surface area (Å²) in [5.74, 6) is -0.0525. The second-order valence-corrected chi connectivity index (χ2v) is 7.04. The van der Waals surface area contributed by atoms with Crippen LogP contribution >= 0.6 is 0 Å². The molecule has 0 aliphatic carbocycles. The van der Waals surface area contributed by atoms with Gasteiger partial charge in [-0.05, 0) is 30.3 Å². The van der Waals surface area contributed by atoms with E-state index in [1.54, 1.807) is 18.1 Å². The van der Waals surface area contributed by atoms with Crippen LogP contribution in [0.4, 0.5) is 10.1 Å². The van der Waals surface area contributed by atoms with E-state index < -0.39 is 5.82 Å². The van der Waals surface area contributed by atoms with Gasteiger partial charge in [0.15, 0.2) is 0 Å². The Labute approximate surface area is 168 Å². The second kappa shape index (κ2) is 7.58. The van der Waals surface area contributed by atoms with E-state index >= 15 is 0 Å². The third-order valence-corrected chi connectivity index (χ3v) is 5.33. The van der Waals surface area contributed by atoms with Crippen LogP contribution in [0.1, 0.15) is 22.1 Å². The zero-order valence-electron chi connectivity index (χ0n) is 16.4. The molecule has 0 unspecified atom stereocenters. The number of nitrogens with zero attached hydrogens (tertiary/aromatic N) is 3. The smallest absolute Gasteiger partial charge is 0.256 e. The van der Waals surface area contributed by atoms with Crippen molar-refractivity contribution in [3.63, 3.8) is 0 Å². The third-order valence-electron chi connectivity index (χ3n) is 5.33. The van der Waals surface area contributed by atoms with Crippen LogP contribution in [0.3, 0.4) is 0 Å². The molecule has 0 spiro atoms. The van der Waals surface area contributed by atoms with E-state index in [1.807, 2.05) is 24.3 Å². The van der Waals surface area contributed by atoms with E-state index in [4.69, 9.17) is 4.74 Å². The van der Waals surface area contributed by atoms with Crippen molar-refractivity contribution in [3.05, 3.63) is 60.0 Å². The number of ether oxygens (including phenoxy) is 1. The lowest BCUT2D eigenvalue weighted by atomic mass is 10.1. The number of halogens is 1. The SMILES string of the molecule is COc1ccccc1N1CCN(C(=O)c2cn(C(C)=O)c3cc(F)ccc23)CC1. The number of piperazine rings is 1. The maximum absolute atomic E-state index is 13.7. The molecule has 1 aliphatic heterocycles. The zero-order chi connectivity index (χ0) is 20.5. The van der Waals surface area contributed by atoms with Gasteiger partial charge in [0.2, 0.25) is 5.91 Å². The van der Waals surface area contributed by atoms with Crippen molar-refractivity contribution in [2.24, 2.45) is 0 Å². The van der Waals surface area contributed by atoms with Crippen LogP contribution in [0.15, 0.2) is 48.7 Å². The van der Waals surface area contributed by atoms with Gasteiger partial charge in [-0.15, -0.1) is 0 Å². The van der Waals surface area contributed by atoms with Gasteiger partial charge >= 0.3 is 0 Å². The maximum atomic E-state index is 13.7. The molecule has 2 aromatic carbocycles. The van der Waals surface area contributed by atoms with Crippen LogP contribution in [0.25, 0.3) is 10.9 Å². The molecule has 0 saturated carbocycles. The van der Waals surface area contributed by atoms with Crippen molar-refractivity contribution >= 4 is 28.4 Å². The molecule has 1 aliphatic rings. The van der Waals surface area contributed by atoms with Gasteiger partial charge in [0.25, 0.3) is 5.91 Å². The molecule has 1 aromatic heterocycles. The molecule has 0 atom stereocenters. The van der Waals surface area contributed by atoms with Gasteiger partial charge in [-0.25, -0.2) is 4.39 Å². The van der Waals surface area contributed by atoms with Crippen molar-refractivity contribution in [2.75, 3.05) is 38.2 Å². The van der Waals surface area contributed by atoms with E-state index in [0.717, 1.165) is 11.4 Å². The first-order valence-corrected chi connectivity index (χ1v) is 9.48. The number of hydrogen-bond donors (Lipinski definition) is 0. The Morgan fingerprint density at radius 3 is 2.45 bits per heavy atom. The van der Waals surface area contributed by atoms with E-state index in [1.165, 1.54) is 29.8 Å². The Morgan fingerprint density at radius 2 is 1.76 bits per heavy atom. The maximum Gasteiger partial charge on any atom is 0.256 e. The molecular weight excluding hydrogens is 373 g/mol. The number of amides is 1. The standard InChI is InChI=1S/C22H22FN3O3/c1-15(27)26-14-18(17-8-7-16(23)13-20(17)26)22(28)25-11-9-24(10-12-25)19-5-3-4-6-21(19)29-2/h3-8,13-14H,9-12H2,1-2H3. The minimum Gasteiger partial charge on any atom is -0.495 e. The molecule has 1 saturated heterocycles. The van der Waals surface area contributed by atoms with Crippen LogP contribution in [0.5, 0.6) is 5.75 Å². The molecule has 1 amide bonds. The van der Waals surface area contributed by atoms with Gasteiger partial charge in [-0.1, -0.05) is 12.1 Å². The van der Waals surface area contributed by atoms with E-state index in [-0.39, 0.29) is 11.8 Å². The second-order valence-electron chi connectivity index (χ2n) is 7.04. The number of benzene rings is 2. The lowest BCUT2D eigenvalue weighted by Gasteiger charge is -2.36. The number of carbonyl (C=O) groups excluding carboxylic acids is 2. The molecule has 0 N–H and O–H groups in total. The number of para-hydroxylation sites is 2. The minimum absolute atomic E-state index is 0.152. The van der Waals surface area contributed by atoms with Gasteiger partial charge < -0.3 is 14.5 Å². The molecule has 150 valence electrons. The van der Waals surface area contributed by atoms with Gasteiger partial charge in [0.1, 0.15) is 11.6 Å². The van der Waals surface area contributed by atoms with Crippen molar-refractivity contribution in [2.45, 2.75) is 6.92 Å². The van der Waals surface area contributed by atoms with Crippen molar-refractivity contribution in [3.8, 4) is 5.75 Å². The Hall–Kier alpha value is -3.35. The highest BCUT2D eigenvalue weighted by atomic mass is 19.1. The highest BCUT2D eigenvalue weighted by Crippen LogP contribution is 2.29. The van der Waals surface area contributed by atoms with Crippen LogP contribution in [-0.2, 0) is 0 Å². The number of fused-ring (bicyclic) bond motifs is 1. The Bertz CT molecular complexity index is 1080. The first kappa shape index (κ1) is 19.0. The summed E-state index contributed by atoms with van der Waals surface area (Å²) in [7, 11) is 1.65. The summed E-state index contributed by atoms with van der Waals surface area (Å²) < 4.78 is 20.4. The summed E-state index contributed by atoms with van der Waals surface area (Å²) in [5, 5.41) is 0.582. The van der Waals surface area contributed by atoms with E-state index in [0.29, 0.717) is 42.6 Å². The summed E-state index contributed by atoms with van der Waals surface area (Å²) >= 11 is 0. The molecule has 29 heavy (non-hydrogen) atoms. The number of rotatable bonds is 3. The molecule has 0 radical (unpaired) electrons. The highest BCUT2D eigenvalue weighted by Gasteiger charge is 2.26. The summed E-state index contributed by atoms with van der Waals surface area (Å²) in [6, 6.07) is 12.0. The number of carbonyl (C=O) groups is 2. The molecule has 0 bridgehead atoms. The summed E-state index contributed by atoms with van der Waals surface area (Å²) in [6.45, 7) is 3.83. The lowest BCUT2D eigenvalue weighted by molar-refractivity contribution is 0.0748. The number of anilines is 1. The third kappa shape index (κ3) is 3.44. The fraction of sp³-hybridized carbons (Fsp3) is 0.273. The largest absolute Gasteiger partial charge is 0.495 e. The molecule has 6 nitrogen and oxygen atoms in total. The van der Waals surface area contributed by atoms with Gasteiger partial charge in [0.05, 0.1) is 23.9 Å². The topological polar surface area (TPSA) is 54.8 Å².